The molecule has 1 amide bonds. The Morgan fingerprint density at radius 1 is 1.18 bits per heavy atom. The van der Waals surface area contributed by atoms with Crippen LogP contribution in [0.3, 0.4) is 0 Å². The van der Waals surface area contributed by atoms with Crippen LogP contribution in [0.1, 0.15) is 21.6 Å². The van der Waals surface area contributed by atoms with E-state index in [-0.39, 0.29) is 5.91 Å². The monoisotopic (exact) mass is 312 g/mol. The Morgan fingerprint density at radius 3 is 2.59 bits per heavy atom. The van der Waals surface area contributed by atoms with Crippen molar-refractivity contribution in [1.82, 2.24) is 9.88 Å². The van der Waals surface area contributed by atoms with Crippen LogP contribution in [0.2, 0.25) is 5.02 Å². The smallest absolute Gasteiger partial charge is 0.268 e. The molecule has 0 radical (unpaired) electrons. The largest absolute Gasteiger partial charge is 0.347 e. The molecule has 2 aromatic carbocycles. The predicted molar refractivity (Wildman–Crippen MR) is 90.3 cm³/mol. The summed E-state index contributed by atoms with van der Waals surface area (Å²) in [4.78, 5) is 12.4. The third-order valence-electron chi connectivity index (χ3n) is 3.84. The van der Waals surface area contributed by atoms with E-state index in [0.29, 0.717) is 17.3 Å². The number of nitrogens with one attached hydrogen (secondary N) is 1. The van der Waals surface area contributed by atoms with Gasteiger partial charge < -0.3 is 9.88 Å². The maximum absolute atomic E-state index is 12.4. The summed E-state index contributed by atoms with van der Waals surface area (Å²) in [6, 6.07) is 15.6. The van der Waals surface area contributed by atoms with E-state index in [4.69, 9.17) is 11.6 Å². The third-order valence-corrected chi connectivity index (χ3v) is 4.17. The molecule has 0 aliphatic heterocycles. The van der Waals surface area contributed by atoms with Gasteiger partial charge in [0.05, 0.1) is 0 Å². The molecule has 0 aliphatic rings. The lowest BCUT2D eigenvalue weighted by molar-refractivity contribution is 0.0943. The van der Waals surface area contributed by atoms with Crippen molar-refractivity contribution in [2.24, 2.45) is 7.05 Å². The van der Waals surface area contributed by atoms with Gasteiger partial charge in [-0.3, -0.25) is 4.79 Å². The zero-order valence-corrected chi connectivity index (χ0v) is 13.3. The Balaban J connectivity index is 1.82. The summed E-state index contributed by atoms with van der Waals surface area (Å²) in [5, 5.41) is 4.51. The number of hydrogen-bond donors (Lipinski definition) is 1. The summed E-state index contributed by atoms with van der Waals surface area (Å²) in [5.74, 6) is -0.102. The van der Waals surface area contributed by atoms with E-state index in [1.807, 2.05) is 67.1 Å². The molecule has 0 aliphatic carbocycles. The first-order valence-electron chi connectivity index (χ1n) is 7.14. The molecule has 3 aromatic rings. The van der Waals surface area contributed by atoms with Crippen molar-refractivity contribution in [2.75, 3.05) is 0 Å². The highest BCUT2D eigenvalue weighted by Crippen LogP contribution is 2.26. The van der Waals surface area contributed by atoms with E-state index in [1.165, 1.54) is 5.56 Å². The first-order chi connectivity index (χ1) is 10.6. The van der Waals surface area contributed by atoms with Crippen LogP contribution >= 0.6 is 11.6 Å². The van der Waals surface area contributed by atoms with Gasteiger partial charge in [-0.2, -0.15) is 0 Å². The highest BCUT2D eigenvalue weighted by Gasteiger charge is 2.14. The van der Waals surface area contributed by atoms with Gasteiger partial charge in [0.1, 0.15) is 5.69 Å². The van der Waals surface area contributed by atoms with Crippen LogP contribution in [0.15, 0.2) is 48.5 Å². The van der Waals surface area contributed by atoms with Gasteiger partial charge in [-0.05, 0) is 30.7 Å². The fourth-order valence-corrected chi connectivity index (χ4v) is 2.75. The average molecular weight is 313 g/mol. The van der Waals surface area contributed by atoms with Gasteiger partial charge in [0.15, 0.2) is 0 Å². The van der Waals surface area contributed by atoms with Gasteiger partial charge in [-0.15, -0.1) is 0 Å². The molecule has 1 N–H and O–H groups in total. The van der Waals surface area contributed by atoms with Crippen molar-refractivity contribution in [3.05, 3.63) is 70.4 Å². The minimum absolute atomic E-state index is 0.102. The van der Waals surface area contributed by atoms with Crippen LogP contribution in [0.25, 0.3) is 10.9 Å². The molecular weight excluding hydrogens is 296 g/mol. The highest BCUT2D eigenvalue weighted by molar-refractivity contribution is 6.35. The number of amides is 1. The van der Waals surface area contributed by atoms with Crippen LogP contribution in [-0.2, 0) is 13.6 Å². The first kappa shape index (κ1) is 14.7. The lowest BCUT2D eigenvalue weighted by atomic mass is 10.1. The zero-order chi connectivity index (χ0) is 15.7. The van der Waals surface area contributed by atoms with E-state index in [0.717, 1.165) is 16.5 Å². The van der Waals surface area contributed by atoms with Gasteiger partial charge in [0.25, 0.3) is 5.91 Å². The molecule has 0 unspecified atom stereocenters. The molecule has 4 heteroatoms. The Hall–Kier alpha value is -2.26. The molecule has 0 fully saturated rings. The minimum Gasteiger partial charge on any atom is -0.347 e. The van der Waals surface area contributed by atoms with Crippen LogP contribution in [0.5, 0.6) is 0 Å². The number of hydrogen-bond acceptors (Lipinski definition) is 1. The van der Waals surface area contributed by atoms with Gasteiger partial charge >= 0.3 is 0 Å². The highest BCUT2D eigenvalue weighted by atomic mass is 35.5. The van der Waals surface area contributed by atoms with Gasteiger partial charge in [-0.25, -0.2) is 0 Å². The summed E-state index contributed by atoms with van der Waals surface area (Å²) in [7, 11) is 1.87. The number of fused-ring (bicyclic) bond motifs is 1. The maximum atomic E-state index is 12.4. The molecule has 22 heavy (non-hydrogen) atoms. The molecule has 3 nitrogen and oxygen atoms in total. The topological polar surface area (TPSA) is 34.0 Å². The molecule has 0 spiro atoms. The number of carbonyl (C=O) groups excluding carboxylic acids is 1. The maximum Gasteiger partial charge on any atom is 0.268 e. The number of rotatable bonds is 3. The van der Waals surface area contributed by atoms with Crippen molar-refractivity contribution in [3.63, 3.8) is 0 Å². The van der Waals surface area contributed by atoms with Gasteiger partial charge in [-0.1, -0.05) is 47.5 Å². The molecule has 1 aromatic heterocycles. The molecule has 1 heterocycles. The van der Waals surface area contributed by atoms with Crippen molar-refractivity contribution >= 4 is 28.4 Å². The fourth-order valence-electron chi connectivity index (χ4n) is 2.52. The molecule has 0 saturated carbocycles. The number of halogens is 1. The van der Waals surface area contributed by atoms with Crippen molar-refractivity contribution in [2.45, 2.75) is 13.5 Å². The molecule has 112 valence electrons. The van der Waals surface area contributed by atoms with Gasteiger partial charge in [0.2, 0.25) is 0 Å². The summed E-state index contributed by atoms with van der Waals surface area (Å²) < 4.78 is 1.87. The van der Waals surface area contributed by atoms with E-state index >= 15 is 0 Å². The second kappa shape index (κ2) is 5.85. The normalized spacial score (nSPS) is 10.9. The molecule has 0 saturated heterocycles. The molecular formula is C18H17ClN2O. The van der Waals surface area contributed by atoms with Crippen molar-refractivity contribution in [1.29, 1.82) is 0 Å². The van der Waals surface area contributed by atoms with Gasteiger partial charge in [0, 0.05) is 29.5 Å². The van der Waals surface area contributed by atoms with Crippen LogP contribution in [-0.4, -0.2) is 10.5 Å². The average Bonchev–Trinajstić information content (AvgIpc) is 2.85. The number of nitrogens with zero attached hydrogens (tertiary/aromatic N) is 1. The van der Waals surface area contributed by atoms with E-state index in [9.17, 15) is 4.79 Å². The zero-order valence-electron chi connectivity index (χ0n) is 12.6. The lowest BCUT2D eigenvalue weighted by Gasteiger charge is -2.07. The standard InChI is InChI=1S/C18H17ClN2O/c1-12-6-8-13(9-7-12)11-20-18(22)17-10-14-15(19)4-3-5-16(14)21(17)2/h3-10H,11H2,1-2H3,(H,20,22). The predicted octanol–water partition coefficient (Wildman–Crippen LogP) is 4.07. The Labute approximate surface area is 134 Å². The van der Waals surface area contributed by atoms with Crippen LogP contribution < -0.4 is 5.32 Å². The van der Waals surface area contributed by atoms with Crippen molar-refractivity contribution in [3.8, 4) is 0 Å². The molecule has 0 atom stereocenters. The number of carbonyl (C=O) groups is 1. The number of aromatic nitrogens is 1. The Kier molecular flexibility index (Phi) is 3.90. The summed E-state index contributed by atoms with van der Waals surface area (Å²) in [6.45, 7) is 2.55. The van der Waals surface area contributed by atoms with E-state index in [2.05, 4.69) is 5.32 Å². The fraction of sp³-hybridized carbons (Fsp3) is 0.167. The summed E-state index contributed by atoms with van der Waals surface area (Å²) in [5.41, 5.74) is 3.84. The second-order valence-corrected chi connectivity index (χ2v) is 5.84. The van der Waals surface area contributed by atoms with E-state index in [1.54, 1.807) is 0 Å². The Bertz CT molecular complexity index is 834. The second-order valence-electron chi connectivity index (χ2n) is 5.43. The molecule has 0 bridgehead atoms. The SMILES string of the molecule is Cc1ccc(CNC(=O)c2cc3c(Cl)cccc3n2C)cc1. The third kappa shape index (κ3) is 2.72. The van der Waals surface area contributed by atoms with Crippen LogP contribution in [0, 0.1) is 6.92 Å². The lowest BCUT2D eigenvalue weighted by Crippen LogP contribution is -2.24. The first-order valence-corrected chi connectivity index (χ1v) is 7.52. The quantitative estimate of drug-likeness (QED) is 0.777. The summed E-state index contributed by atoms with van der Waals surface area (Å²) >= 11 is 6.19. The van der Waals surface area contributed by atoms with Crippen molar-refractivity contribution < 1.29 is 4.79 Å². The van der Waals surface area contributed by atoms with E-state index < -0.39 is 0 Å². The van der Waals surface area contributed by atoms with Crippen LogP contribution in [0.4, 0.5) is 0 Å². The molecule has 3 rings (SSSR count). The Morgan fingerprint density at radius 2 is 1.91 bits per heavy atom. The minimum atomic E-state index is -0.102. The number of aryl methyl sites for hydroxylation is 2. The number of benzene rings is 2. The summed E-state index contributed by atoms with van der Waals surface area (Å²) in [6.07, 6.45) is 0.